The zero-order valence-corrected chi connectivity index (χ0v) is 17.3. The lowest BCUT2D eigenvalue weighted by molar-refractivity contribution is 0.0520. The van der Waals surface area contributed by atoms with Crippen LogP contribution in [-0.2, 0) is 11.3 Å². The van der Waals surface area contributed by atoms with E-state index < -0.39 is 5.97 Å². The first-order valence-electron chi connectivity index (χ1n) is 9.83. The van der Waals surface area contributed by atoms with E-state index in [0.717, 1.165) is 41.9 Å². The van der Waals surface area contributed by atoms with Crippen molar-refractivity contribution in [3.63, 3.8) is 0 Å². The number of carbonyl (C=O) groups is 2. The lowest BCUT2D eigenvalue weighted by atomic mass is 9.94. The van der Waals surface area contributed by atoms with E-state index in [0.29, 0.717) is 18.8 Å². The Morgan fingerprint density at radius 2 is 2.00 bits per heavy atom. The number of aromatic nitrogens is 1. The number of amides is 2. The summed E-state index contributed by atoms with van der Waals surface area (Å²) in [4.78, 5) is 31.3. The van der Waals surface area contributed by atoms with Gasteiger partial charge in [-0.3, -0.25) is 0 Å². The molecule has 1 aromatic carbocycles. The predicted molar refractivity (Wildman–Crippen MR) is 111 cm³/mol. The fraction of sp³-hybridized carbons (Fsp3) is 0.476. The fourth-order valence-electron chi connectivity index (χ4n) is 3.49. The zero-order chi connectivity index (χ0) is 19.9. The number of hydrogen-bond acceptors (Lipinski definition) is 5. The van der Waals surface area contributed by atoms with Gasteiger partial charge in [0.2, 0.25) is 0 Å². The Morgan fingerprint density at radius 1 is 1.25 bits per heavy atom. The van der Waals surface area contributed by atoms with Crippen molar-refractivity contribution in [2.45, 2.75) is 58.5 Å². The molecule has 1 heterocycles. The molecule has 0 radical (unpaired) electrons. The summed E-state index contributed by atoms with van der Waals surface area (Å²) in [5.41, 5.74) is 2.16. The number of nitrogens with one attached hydrogen (secondary N) is 1. The van der Waals surface area contributed by atoms with Crippen molar-refractivity contribution in [3.05, 3.63) is 45.9 Å². The van der Waals surface area contributed by atoms with E-state index in [1.54, 1.807) is 12.3 Å². The number of anilines is 1. The van der Waals surface area contributed by atoms with E-state index in [-0.39, 0.29) is 12.1 Å². The summed E-state index contributed by atoms with van der Waals surface area (Å²) >= 11 is 1.39. The van der Waals surface area contributed by atoms with Crippen molar-refractivity contribution in [3.8, 4) is 0 Å². The highest BCUT2D eigenvalue weighted by Crippen LogP contribution is 2.26. The molecule has 1 fully saturated rings. The minimum absolute atomic E-state index is 0.117. The number of urea groups is 1. The normalized spacial score (nSPS) is 14.5. The molecule has 6 nitrogen and oxygen atoms in total. The maximum Gasteiger partial charge on any atom is 0.357 e. The monoisotopic (exact) mass is 401 g/mol. The Morgan fingerprint density at radius 3 is 2.71 bits per heavy atom. The molecule has 2 aromatic rings. The van der Waals surface area contributed by atoms with Gasteiger partial charge in [-0.2, -0.15) is 0 Å². The summed E-state index contributed by atoms with van der Waals surface area (Å²) in [5.74, 6) is -0.418. The van der Waals surface area contributed by atoms with E-state index in [1.165, 1.54) is 17.8 Å². The summed E-state index contributed by atoms with van der Waals surface area (Å²) in [6.45, 7) is 4.46. The maximum atomic E-state index is 13.1. The van der Waals surface area contributed by atoms with Gasteiger partial charge in [-0.05, 0) is 38.3 Å². The number of para-hydroxylation sites is 1. The highest BCUT2D eigenvalue weighted by atomic mass is 32.1. The van der Waals surface area contributed by atoms with Crippen LogP contribution in [-0.4, -0.2) is 34.5 Å². The lowest BCUT2D eigenvalue weighted by Gasteiger charge is -2.34. The topological polar surface area (TPSA) is 71.5 Å². The van der Waals surface area contributed by atoms with E-state index >= 15 is 0 Å². The van der Waals surface area contributed by atoms with Crippen molar-refractivity contribution >= 4 is 29.0 Å². The smallest absolute Gasteiger partial charge is 0.357 e. The van der Waals surface area contributed by atoms with Crippen molar-refractivity contribution in [1.82, 2.24) is 9.88 Å². The Hall–Kier alpha value is -2.41. The van der Waals surface area contributed by atoms with Crippen LogP contribution in [0.2, 0.25) is 0 Å². The molecule has 1 aliphatic carbocycles. The van der Waals surface area contributed by atoms with Crippen LogP contribution in [0.4, 0.5) is 10.5 Å². The summed E-state index contributed by atoms with van der Waals surface area (Å²) in [5, 5.41) is 5.49. The second-order valence-corrected chi connectivity index (χ2v) is 7.95. The van der Waals surface area contributed by atoms with Crippen LogP contribution in [0.3, 0.4) is 0 Å². The molecule has 0 aliphatic heterocycles. The molecule has 1 saturated carbocycles. The molecule has 7 heteroatoms. The molecule has 0 bridgehead atoms. The number of aryl methyl sites for hydroxylation is 1. The van der Waals surface area contributed by atoms with Crippen LogP contribution >= 0.6 is 11.3 Å². The van der Waals surface area contributed by atoms with Gasteiger partial charge in [-0.1, -0.05) is 37.5 Å². The highest BCUT2D eigenvalue weighted by Gasteiger charge is 2.27. The fourth-order valence-corrected chi connectivity index (χ4v) is 4.25. The molecule has 0 spiro atoms. The molecule has 0 saturated heterocycles. The number of ether oxygens (including phenoxy) is 1. The van der Waals surface area contributed by atoms with Gasteiger partial charge < -0.3 is 15.0 Å². The van der Waals surface area contributed by atoms with Crippen LogP contribution in [0.1, 0.15) is 60.1 Å². The number of thiazole rings is 1. The molecular weight excluding hydrogens is 374 g/mol. The van der Waals surface area contributed by atoms with Crippen LogP contribution in [0.5, 0.6) is 0 Å². The highest BCUT2D eigenvalue weighted by molar-refractivity contribution is 7.09. The summed E-state index contributed by atoms with van der Waals surface area (Å²) < 4.78 is 5.01. The summed E-state index contributed by atoms with van der Waals surface area (Å²) in [6.07, 6.45) is 5.47. The van der Waals surface area contributed by atoms with E-state index in [4.69, 9.17) is 4.74 Å². The second-order valence-electron chi connectivity index (χ2n) is 7.01. The van der Waals surface area contributed by atoms with Gasteiger partial charge in [0.05, 0.1) is 13.2 Å². The quantitative estimate of drug-likeness (QED) is 0.692. The number of carbonyl (C=O) groups excluding carboxylic acids is 2. The van der Waals surface area contributed by atoms with Gasteiger partial charge in [0.1, 0.15) is 5.01 Å². The van der Waals surface area contributed by atoms with Gasteiger partial charge in [0, 0.05) is 17.1 Å². The molecule has 1 N–H and O–H groups in total. The minimum Gasteiger partial charge on any atom is -0.461 e. The van der Waals surface area contributed by atoms with Crippen LogP contribution in [0.25, 0.3) is 0 Å². The Kier molecular flexibility index (Phi) is 7.03. The third kappa shape index (κ3) is 5.10. The third-order valence-corrected chi connectivity index (χ3v) is 5.84. The number of rotatable bonds is 6. The minimum atomic E-state index is -0.418. The standard InChI is InChI=1S/C21H27N3O3S/c1-3-27-20(25)18-14-28-19(22-18)13-24(16-10-5-4-6-11-16)21(26)23-17-12-8-7-9-15(17)2/h7-9,12,14,16H,3-6,10-11,13H2,1-2H3,(H,23,26). The first-order valence-corrected chi connectivity index (χ1v) is 10.7. The van der Waals surface area contributed by atoms with E-state index in [1.807, 2.05) is 36.1 Å². The van der Waals surface area contributed by atoms with E-state index in [2.05, 4.69) is 10.3 Å². The molecule has 150 valence electrons. The van der Waals surface area contributed by atoms with Gasteiger partial charge >= 0.3 is 12.0 Å². The van der Waals surface area contributed by atoms with Crippen LogP contribution in [0.15, 0.2) is 29.6 Å². The Balaban J connectivity index is 1.76. The molecule has 1 aliphatic rings. The molecule has 1 aromatic heterocycles. The number of benzene rings is 1. The third-order valence-electron chi connectivity index (χ3n) is 5.00. The Bertz CT molecular complexity index is 815. The van der Waals surface area contributed by atoms with E-state index in [9.17, 15) is 9.59 Å². The van der Waals surface area contributed by atoms with Gasteiger partial charge in [-0.25, -0.2) is 14.6 Å². The number of nitrogens with zero attached hydrogens (tertiary/aromatic N) is 2. The average molecular weight is 402 g/mol. The summed E-state index contributed by atoms with van der Waals surface area (Å²) in [6, 6.07) is 7.83. The summed E-state index contributed by atoms with van der Waals surface area (Å²) in [7, 11) is 0. The molecule has 0 atom stereocenters. The van der Waals surface area contributed by atoms with Crippen LogP contribution < -0.4 is 5.32 Å². The second kappa shape index (κ2) is 9.68. The molecule has 28 heavy (non-hydrogen) atoms. The first-order chi connectivity index (χ1) is 13.6. The SMILES string of the molecule is CCOC(=O)c1csc(CN(C(=O)Nc2ccccc2C)C2CCCCC2)n1. The van der Waals surface area contributed by atoms with Crippen molar-refractivity contribution in [1.29, 1.82) is 0 Å². The van der Waals surface area contributed by atoms with Crippen LogP contribution in [0, 0.1) is 6.92 Å². The lowest BCUT2D eigenvalue weighted by Crippen LogP contribution is -2.43. The first kappa shape index (κ1) is 20.3. The van der Waals surface area contributed by atoms with Gasteiger partial charge in [0.25, 0.3) is 0 Å². The Labute approximate surface area is 169 Å². The molecular formula is C21H27N3O3S. The molecule has 0 unspecified atom stereocenters. The van der Waals surface area contributed by atoms with Crippen molar-refractivity contribution < 1.29 is 14.3 Å². The van der Waals surface area contributed by atoms with Gasteiger partial charge in [-0.15, -0.1) is 11.3 Å². The maximum absolute atomic E-state index is 13.1. The number of hydrogen-bond donors (Lipinski definition) is 1. The predicted octanol–water partition coefficient (Wildman–Crippen LogP) is 5.00. The largest absolute Gasteiger partial charge is 0.461 e. The van der Waals surface area contributed by atoms with Gasteiger partial charge in [0.15, 0.2) is 5.69 Å². The molecule has 3 rings (SSSR count). The number of esters is 1. The van der Waals surface area contributed by atoms with Crippen molar-refractivity contribution in [2.75, 3.05) is 11.9 Å². The average Bonchev–Trinajstić information content (AvgIpc) is 3.17. The zero-order valence-electron chi connectivity index (χ0n) is 16.4. The molecule has 2 amide bonds. The van der Waals surface area contributed by atoms with Crippen molar-refractivity contribution in [2.24, 2.45) is 0 Å².